The van der Waals surface area contributed by atoms with Gasteiger partial charge < -0.3 is 4.74 Å². The molecule has 0 aliphatic carbocycles. The molecule has 1 unspecified atom stereocenters. The van der Waals surface area contributed by atoms with E-state index in [1.807, 2.05) is 13.0 Å². The Morgan fingerprint density at radius 2 is 2.27 bits per heavy atom. The topological polar surface area (TPSA) is 9.23 Å². The molecule has 15 heavy (non-hydrogen) atoms. The van der Waals surface area contributed by atoms with Crippen molar-refractivity contribution in [2.75, 3.05) is 23.9 Å². The van der Waals surface area contributed by atoms with Gasteiger partial charge >= 0.3 is 0 Å². The van der Waals surface area contributed by atoms with E-state index in [4.69, 9.17) is 4.74 Å². The summed E-state index contributed by atoms with van der Waals surface area (Å²) in [5, 5.41) is 0. The number of ether oxygens (including phenoxy) is 1. The van der Waals surface area contributed by atoms with Crippen LogP contribution in [0.5, 0.6) is 0 Å². The lowest BCUT2D eigenvalue weighted by molar-refractivity contribution is 0.236. The van der Waals surface area contributed by atoms with Gasteiger partial charge in [-0.2, -0.15) is 23.5 Å². The van der Waals surface area contributed by atoms with Crippen LogP contribution in [0.2, 0.25) is 0 Å². The Bertz CT molecular complexity index is 186. The summed E-state index contributed by atoms with van der Waals surface area (Å²) < 4.78 is 5.91. The van der Waals surface area contributed by atoms with Crippen molar-refractivity contribution in [1.82, 2.24) is 0 Å². The number of hydrogen-bond acceptors (Lipinski definition) is 3. The summed E-state index contributed by atoms with van der Waals surface area (Å²) in [6.07, 6.45) is 7.53. The first-order valence-corrected chi connectivity index (χ1v) is 7.91. The Balaban J connectivity index is 2.20. The molecule has 0 amide bonds. The quantitative estimate of drug-likeness (QED) is 0.519. The zero-order chi connectivity index (χ0) is 11.0. The molecule has 0 aromatic carbocycles. The molecule has 0 radical (unpaired) electrons. The van der Waals surface area contributed by atoms with Crippen LogP contribution in [0.1, 0.15) is 33.1 Å². The molecule has 1 saturated heterocycles. The molecule has 1 aliphatic rings. The van der Waals surface area contributed by atoms with Crippen LogP contribution in [0.25, 0.3) is 0 Å². The van der Waals surface area contributed by atoms with Gasteiger partial charge in [0.15, 0.2) is 0 Å². The number of hydrogen-bond donors (Lipinski definition) is 0. The minimum absolute atomic E-state index is 0.544. The van der Waals surface area contributed by atoms with Crippen LogP contribution < -0.4 is 0 Å². The predicted octanol–water partition coefficient (Wildman–Crippen LogP) is 3.95. The van der Waals surface area contributed by atoms with Gasteiger partial charge in [0.05, 0.1) is 12.9 Å². The number of thioether (sulfide) groups is 2. The van der Waals surface area contributed by atoms with E-state index in [1.54, 1.807) is 6.26 Å². The monoisotopic (exact) mass is 246 g/mol. The standard InChI is InChI=1S/C12H22OS2/c1-3-7-13-8-5-6-12(4-2)11-14-9-10-15-12/h3,7H,4-6,8-11H2,1-2H3/b7-3+. The van der Waals surface area contributed by atoms with Crippen molar-refractivity contribution in [3.05, 3.63) is 12.3 Å². The smallest absolute Gasteiger partial charge is 0.0873 e. The Hall–Kier alpha value is 0.240. The first kappa shape index (κ1) is 13.3. The van der Waals surface area contributed by atoms with E-state index in [1.165, 1.54) is 36.5 Å². The molecule has 0 aromatic rings. The summed E-state index contributed by atoms with van der Waals surface area (Å²) in [4.78, 5) is 0. The number of rotatable bonds is 6. The van der Waals surface area contributed by atoms with Crippen molar-refractivity contribution in [3.63, 3.8) is 0 Å². The highest BCUT2D eigenvalue weighted by Gasteiger charge is 2.30. The Morgan fingerprint density at radius 3 is 2.87 bits per heavy atom. The third kappa shape index (κ3) is 4.73. The summed E-state index contributed by atoms with van der Waals surface area (Å²) in [5.41, 5.74) is 0. The van der Waals surface area contributed by atoms with Gasteiger partial charge in [-0.25, -0.2) is 0 Å². The molecule has 0 spiro atoms. The minimum atomic E-state index is 0.544. The molecule has 88 valence electrons. The van der Waals surface area contributed by atoms with Gasteiger partial charge in [0.2, 0.25) is 0 Å². The molecule has 1 atom stereocenters. The van der Waals surface area contributed by atoms with Gasteiger partial charge in [-0.15, -0.1) is 0 Å². The van der Waals surface area contributed by atoms with Gasteiger partial charge in [0.1, 0.15) is 0 Å². The molecule has 1 nitrogen and oxygen atoms in total. The predicted molar refractivity (Wildman–Crippen MR) is 72.8 cm³/mol. The lowest BCUT2D eigenvalue weighted by Crippen LogP contribution is -2.31. The van der Waals surface area contributed by atoms with Crippen LogP contribution in [0, 0.1) is 0 Å². The van der Waals surface area contributed by atoms with Gasteiger partial charge in [-0.3, -0.25) is 0 Å². The third-order valence-electron chi connectivity index (χ3n) is 2.77. The second-order valence-corrected chi connectivity index (χ2v) is 6.55. The fourth-order valence-corrected chi connectivity index (χ4v) is 4.96. The fraction of sp³-hybridized carbons (Fsp3) is 0.833. The lowest BCUT2D eigenvalue weighted by Gasteiger charge is -2.35. The molecule has 3 heteroatoms. The average Bonchev–Trinajstić information content (AvgIpc) is 2.30. The zero-order valence-corrected chi connectivity index (χ0v) is 11.5. The second-order valence-electron chi connectivity index (χ2n) is 3.88. The molecule has 0 aromatic heterocycles. The van der Waals surface area contributed by atoms with Crippen LogP contribution in [-0.2, 0) is 4.74 Å². The average molecular weight is 246 g/mol. The summed E-state index contributed by atoms with van der Waals surface area (Å²) in [6, 6.07) is 0. The van der Waals surface area contributed by atoms with Crippen molar-refractivity contribution in [2.45, 2.75) is 37.9 Å². The SMILES string of the molecule is C/C=C/OCCCC1(CC)CSCCS1. The summed E-state index contributed by atoms with van der Waals surface area (Å²) >= 11 is 4.30. The van der Waals surface area contributed by atoms with Crippen molar-refractivity contribution in [1.29, 1.82) is 0 Å². The molecule has 1 rings (SSSR count). The van der Waals surface area contributed by atoms with Gasteiger partial charge in [0, 0.05) is 22.0 Å². The lowest BCUT2D eigenvalue weighted by atomic mass is 10.0. The molecule has 1 heterocycles. The number of allylic oxidation sites excluding steroid dienone is 1. The van der Waals surface area contributed by atoms with E-state index < -0.39 is 0 Å². The van der Waals surface area contributed by atoms with Crippen molar-refractivity contribution < 1.29 is 4.74 Å². The molecule has 1 fully saturated rings. The molecule has 1 aliphatic heterocycles. The van der Waals surface area contributed by atoms with E-state index in [9.17, 15) is 0 Å². The maximum absolute atomic E-state index is 5.37. The summed E-state index contributed by atoms with van der Waals surface area (Å²) in [7, 11) is 0. The van der Waals surface area contributed by atoms with Crippen LogP contribution in [0.3, 0.4) is 0 Å². The highest BCUT2D eigenvalue weighted by atomic mass is 32.2. The Morgan fingerprint density at radius 1 is 1.40 bits per heavy atom. The second kappa shape index (κ2) is 7.50. The Labute approximate surface area is 102 Å². The molecule has 0 saturated carbocycles. The van der Waals surface area contributed by atoms with E-state index in [0.29, 0.717) is 4.75 Å². The van der Waals surface area contributed by atoms with Crippen molar-refractivity contribution in [2.24, 2.45) is 0 Å². The highest BCUT2D eigenvalue weighted by Crippen LogP contribution is 2.40. The first-order chi connectivity index (χ1) is 7.33. The van der Waals surface area contributed by atoms with Crippen molar-refractivity contribution >= 4 is 23.5 Å². The molecular formula is C12H22OS2. The fourth-order valence-electron chi connectivity index (χ4n) is 1.78. The maximum Gasteiger partial charge on any atom is 0.0873 e. The Kier molecular flexibility index (Phi) is 6.66. The third-order valence-corrected chi connectivity index (χ3v) is 6.12. The van der Waals surface area contributed by atoms with Gasteiger partial charge in [-0.1, -0.05) is 13.0 Å². The maximum atomic E-state index is 5.37. The summed E-state index contributed by atoms with van der Waals surface area (Å²) in [6.45, 7) is 5.18. The largest absolute Gasteiger partial charge is 0.502 e. The van der Waals surface area contributed by atoms with Crippen LogP contribution >= 0.6 is 23.5 Å². The first-order valence-electron chi connectivity index (χ1n) is 5.77. The summed E-state index contributed by atoms with van der Waals surface area (Å²) in [5.74, 6) is 3.99. The zero-order valence-electron chi connectivity index (χ0n) is 9.83. The van der Waals surface area contributed by atoms with Crippen LogP contribution in [0.15, 0.2) is 12.3 Å². The van der Waals surface area contributed by atoms with Gasteiger partial charge in [0.25, 0.3) is 0 Å². The van der Waals surface area contributed by atoms with E-state index in [2.05, 4.69) is 30.4 Å². The van der Waals surface area contributed by atoms with E-state index >= 15 is 0 Å². The van der Waals surface area contributed by atoms with Crippen LogP contribution in [-0.4, -0.2) is 28.6 Å². The molecular weight excluding hydrogens is 224 g/mol. The van der Waals surface area contributed by atoms with Crippen molar-refractivity contribution in [3.8, 4) is 0 Å². The van der Waals surface area contributed by atoms with Crippen LogP contribution in [0.4, 0.5) is 0 Å². The minimum Gasteiger partial charge on any atom is -0.502 e. The van der Waals surface area contributed by atoms with E-state index in [-0.39, 0.29) is 0 Å². The van der Waals surface area contributed by atoms with Gasteiger partial charge in [-0.05, 0) is 26.2 Å². The van der Waals surface area contributed by atoms with E-state index in [0.717, 1.165) is 6.61 Å². The molecule has 0 N–H and O–H groups in total. The normalized spacial score (nSPS) is 27.1. The highest BCUT2D eigenvalue weighted by molar-refractivity contribution is 8.07. The molecule has 0 bridgehead atoms.